The lowest BCUT2D eigenvalue weighted by atomic mass is 10.1. The third-order valence-electron chi connectivity index (χ3n) is 3.77. The summed E-state index contributed by atoms with van der Waals surface area (Å²) in [6.07, 6.45) is 8.12. The van der Waals surface area contributed by atoms with Crippen LogP contribution in [0.5, 0.6) is 0 Å². The molecule has 1 atom stereocenters. The second-order valence-corrected chi connectivity index (χ2v) is 5.38. The van der Waals surface area contributed by atoms with Crippen molar-refractivity contribution >= 4 is 0 Å². The van der Waals surface area contributed by atoms with Gasteiger partial charge in [0.2, 0.25) is 0 Å². The molecule has 1 N–H and O–H groups in total. The van der Waals surface area contributed by atoms with Crippen LogP contribution in [0.4, 0.5) is 0 Å². The van der Waals surface area contributed by atoms with Crippen molar-refractivity contribution in [3.8, 4) is 0 Å². The second-order valence-electron chi connectivity index (χ2n) is 5.38. The molecule has 102 valence electrons. The van der Waals surface area contributed by atoms with Gasteiger partial charge < -0.3 is 14.6 Å². The Morgan fingerprint density at radius 2 is 2.17 bits per heavy atom. The average molecular weight is 250 g/mol. The normalized spacial score (nSPS) is 18.9. The lowest BCUT2D eigenvalue weighted by molar-refractivity contribution is 0.226. The zero-order valence-electron chi connectivity index (χ0n) is 11.5. The molecule has 1 aromatic heterocycles. The van der Waals surface area contributed by atoms with E-state index in [0.29, 0.717) is 6.04 Å². The van der Waals surface area contributed by atoms with Gasteiger partial charge in [0, 0.05) is 25.6 Å². The summed E-state index contributed by atoms with van der Waals surface area (Å²) in [7, 11) is 0. The number of likely N-dealkylation sites (tertiary alicyclic amines) is 1. The third kappa shape index (κ3) is 4.83. The molecule has 1 saturated heterocycles. The fourth-order valence-electron chi connectivity index (χ4n) is 2.57. The summed E-state index contributed by atoms with van der Waals surface area (Å²) in [6, 6.07) is 4.59. The minimum atomic E-state index is 0.569. The Bertz CT molecular complexity index is 304. The summed E-state index contributed by atoms with van der Waals surface area (Å²) < 4.78 is 5.35. The van der Waals surface area contributed by atoms with Crippen molar-refractivity contribution in [1.29, 1.82) is 0 Å². The summed E-state index contributed by atoms with van der Waals surface area (Å²) in [6.45, 7) is 7.16. The van der Waals surface area contributed by atoms with E-state index in [2.05, 4.69) is 23.2 Å². The molecule has 0 aromatic carbocycles. The first kappa shape index (κ1) is 13.6. The minimum Gasteiger partial charge on any atom is -0.469 e. The van der Waals surface area contributed by atoms with Gasteiger partial charge in [-0.25, -0.2) is 0 Å². The van der Waals surface area contributed by atoms with Crippen LogP contribution in [0.2, 0.25) is 0 Å². The Kier molecular flexibility index (Phi) is 5.75. The maximum absolute atomic E-state index is 5.35. The standard InChI is InChI=1S/C15H26N2O/c1-14(7-8-15-6-5-13-18-15)16-9-12-17-10-3-2-4-11-17/h5-6,13-14,16H,2-4,7-12H2,1H3. The van der Waals surface area contributed by atoms with Crippen molar-refractivity contribution in [3.05, 3.63) is 24.2 Å². The molecule has 18 heavy (non-hydrogen) atoms. The van der Waals surface area contributed by atoms with Gasteiger partial charge in [-0.2, -0.15) is 0 Å². The summed E-state index contributed by atoms with van der Waals surface area (Å²) in [5.41, 5.74) is 0. The molecule has 0 saturated carbocycles. The van der Waals surface area contributed by atoms with Crippen molar-refractivity contribution in [2.24, 2.45) is 0 Å². The molecule has 2 heterocycles. The maximum Gasteiger partial charge on any atom is 0.103 e. The SMILES string of the molecule is CC(CCc1ccco1)NCCN1CCCCC1. The van der Waals surface area contributed by atoms with Crippen LogP contribution in [0.15, 0.2) is 22.8 Å². The summed E-state index contributed by atoms with van der Waals surface area (Å²) in [5.74, 6) is 1.10. The van der Waals surface area contributed by atoms with E-state index in [4.69, 9.17) is 4.42 Å². The van der Waals surface area contributed by atoms with Gasteiger partial charge in [-0.15, -0.1) is 0 Å². The van der Waals surface area contributed by atoms with Gasteiger partial charge in [-0.1, -0.05) is 6.42 Å². The molecule has 0 spiro atoms. The first-order chi connectivity index (χ1) is 8.84. The molecular formula is C15H26N2O. The van der Waals surface area contributed by atoms with Crippen LogP contribution in [0.1, 0.15) is 38.4 Å². The highest BCUT2D eigenvalue weighted by atomic mass is 16.3. The molecule has 1 aliphatic rings. The molecule has 3 heteroatoms. The van der Waals surface area contributed by atoms with Gasteiger partial charge in [-0.05, 0) is 51.4 Å². The lowest BCUT2D eigenvalue weighted by Crippen LogP contribution is -2.38. The molecule has 1 aromatic rings. The Labute approximate surface area is 111 Å². The number of furan rings is 1. The molecule has 2 rings (SSSR count). The van der Waals surface area contributed by atoms with Crippen LogP contribution < -0.4 is 5.32 Å². The topological polar surface area (TPSA) is 28.4 Å². The van der Waals surface area contributed by atoms with Gasteiger partial charge in [-0.3, -0.25) is 0 Å². The van der Waals surface area contributed by atoms with Crippen LogP contribution in [0.25, 0.3) is 0 Å². The average Bonchev–Trinajstić information content (AvgIpc) is 2.91. The van der Waals surface area contributed by atoms with E-state index >= 15 is 0 Å². The number of hydrogen-bond donors (Lipinski definition) is 1. The molecule has 0 aliphatic carbocycles. The summed E-state index contributed by atoms with van der Waals surface area (Å²) in [5, 5.41) is 3.61. The zero-order chi connectivity index (χ0) is 12.6. The van der Waals surface area contributed by atoms with E-state index in [1.165, 1.54) is 38.9 Å². The van der Waals surface area contributed by atoms with Crippen molar-refractivity contribution in [2.45, 2.75) is 45.1 Å². The number of aryl methyl sites for hydroxylation is 1. The number of hydrogen-bond acceptors (Lipinski definition) is 3. The van der Waals surface area contributed by atoms with Crippen molar-refractivity contribution in [2.75, 3.05) is 26.2 Å². The highest BCUT2D eigenvalue weighted by molar-refractivity contribution is 4.98. The quantitative estimate of drug-likeness (QED) is 0.806. The first-order valence-electron chi connectivity index (χ1n) is 7.33. The monoisotopic (exact) mass is 250 g/mol. The molecule has 0 bridgehead atoms. The molecule has 1 fully saturated rings. The number of nitrogens with zero attached hydrogens (tertiary/aromatic N) is 1. The lowest BCUT2D eigenvalue weighted by Gasteiger charge is -2.27. The van der Waals surface area contributed by atoms with E-state index < -0.39 is 0 Å². The highest BCUT2D eigenvalue weighted by Crippen LogP contribution is 2.08. The van der Waals surface area contributed by atoms with Gasteiger partial charge in [0.05, 0.1) is 6.26 Å². The fourth-order valence-corrected chi connectivity index (χ4v) is 2.57. The van der Waals surface area contributed by atoms with E-state index in [9.17, 15) is 0 Å². The molecular weight excluding hydrogens is 224 g/mol. The molecule has 1 aliphatic heterocycles. The third-order valence-corrected chi connectivity index (χ3v) is 3.77. The largest absolute Gasteiger partial charge is 0.469 e. The smallest absolute Gasteiger partial charge is 0.103 e. The maximum atomic E-state index is 5.35. The van der Waals surface area contributed by atoms with Gasteiger partial charge >= 0.3 is 0 Å². The number of piperidine rings is 1. The predicted molar refractivity (Wildman–Crippen MR) is 74.8 cm³/mol. The molecule has 0 radical (unpaired) electrons. The highest BCUT2D eigenvalue weighted by Gasteiger charge is 2.10. The van der Waals surface area contributed by atoms with Gasteiger partial charge in [0.25, 0.3) is 0 Å². The summed E-state index contributed by atoms with van der Waals surface area (Å²) in [4.78, 5) is 2.58. The number of rotatable bonds is 7. The van der Waals surface area contributed by atoms with Crippen molar-refractivity contribution in [3.63, 3.8) is 0 Å². The Morgan fingerprint density at radius 3 is 2.89 bits per heavy atom. The van der Waals surface area contributed by atoms with Gasteiger partial charge in [0.15, 0.2) is 0 Å². The number of nitrogens with one attached hydrogen (secondary N) is 1. The zero-order valence-corrected chi connectivity index (χ0v) is 11.5. The van der Waals surface area contributed by atoms with Crippen molar-refractivity contribution < 1.29 is 4.42 Å². The molecule has 3 nitrogen and oxygen atoms in total. The second kappa shape index (κ2) is 7.59. The van der Waals surface area contributed by atoms with Crippen LogP contribution in [-0.4, -0.2) is 37.1 Å². The minimum absolute atomic E-state index is 0.569. The Hall–Kier alpha value is -0.800. The Morgan fingerprint density at radius 1 is 1.33 bits per heavy atom. The van der Waals surface area contributed by atoms with Gasteiger partial charge in [0.1, 0.15) is 5.76 Å². The Balaban J connectivity index is 1.52. The summed E-state index contributed by atoms with van der Waals surface area (Å²) >= 11 is 0. The predicted octanol–water partition coefficient (Wildman–Crippen LogP) is 2.68. The van der Waals surface area contributed by atoms with E-state index in [1.54, 1.807) is 6.26 Å². The molecule has 0 amide bonds. The van der Waals surface area contributed by atoms with Crippen LogP contribution in [0.3, 0.4) is 0 Å². The molecule has 1 unspecified atom stereocenters. The van der Waals surface area contributed by atoms with Crippen LogP contribution in [0, 0.1) is 0 Å². The van der Waals surface area contributed by atoms with Crippen LogP contribution >= 0.6 is 0 Å². The van der Waals surface area contributed by atoms with Crippen molar-refractivity contribution in [1.82, 2.24) is 10.2 Å². The first-order valence-corrected chi connectivity index (χ1v) is 7.33. The fraction of sp³-hybridized carbons (Fsp3) is 0.733. The van der Waals surface area contributed by atoms with Crippen LogP contribution in [-0.2, 0) is 6.42 Å². The van der Waals surface area contributed by atoms with E-state index in [0.717, 1.165) is 25.1 Å². The van der Waals surface area contributed by atoms with E-state index in [1.807, 2.05) is 6.07 Å². The van der Waals surface area contributed by atoms with E-state index in [-0.39, 0.29) is 0 Å².